The maximum absolute atomic E-state index is 12.3. The second kappa shape index (κ2) is 5.25. The molecule has 0 saturated carbocycles. The predicted octanol–water partition coefficient (Wildman–Crippen LogP) is 0.498. The molecule has 0 bridgehead atoms. The highest BCUT2D eigenvalue weighted by Gasteiger charge is 2.56. The number of esters is 1. The highest BCUT2D eigenvalue weighted by atomic mass is 16.6. The van der Waals surface area contributed by atoms with E-state index in [4.69, 9.17) is 14.2 Å². The number of likely N-dealkylation sites (N-methyl/N-ethyl adjacent to an activating group) is 1. The van der Waals surface area contributed by atoms with Gasteiger partial charge >= 0.3 is 5.97 Å². The van der Waals surface area contributed by atoms with E-state index >= 15 is 0 Å². The molecule has 0 fully saturated rings. The Morgan fingerprint density at radius 2 is 2.00 bits per heavy atom. The van der Waals surface area contributed by atoms with E-state index in [1.165, 1.54) is 33.4 Å². The molecular weight excluding hydrogens is 278 g/mol. The van der Waals surface area contributed by atoms with Crippen molar-refractivity contribution in [3.05, 3.63) is 23.3 Å². The van der Waals surface area contributed by atoms with E-state index in [-0.39, 0.29) is 23.5 Å². The Balaban J connectivity index is 2.70. The summed E-state index contributed by atoms with van der Waals surface area (Å²) in [4.78, 5) is 25.4. The van der Waals surface area contributed by atoms with E-state index in [1.807, 2.05) is 0 Å². The van der Waals surface area contributed by atoms with Crippen molar-refractivity contribution in [1.29, 1.82) is 0 Å². The number of carbonyl (C=O) groups excluding carboxylic acids is 2. The number of ether oxygens (including phenoxy) is 3. The van der Waals surface area contributed by atoms with E-state index in [9.17, 15) is 14.7 Å². The molecule has 1 amide bonds. The third-order valence-corrected chi connectivity index (χ3v) is 3.46. The van der Waals surface area contributed by atoms with Gasteiger partial charge in [-0.05, 0) is 13.0 Å². The standard InChI is InChI=1S/C14H17NO6/c1-5-21-13(17)14(18)11-9(12(16)15(14)2)6-8(19-3)7-10(11)20-4/h6-7,18H,5H2,1-4H3. The summed E-state index contributed by atoms with van der Waals surface area (Å²) >= 11 is 0. The summed E-state index contributed by atoms with van der Waals surface area (Å²) < 4.78 is 15.2. The third-order valence-electron chi connectivity index (χ3n) is 3.46. The topological polar surface area (TPSA) is 85.3 Å². The van der Waals surface area contributed by atoms with Gasteiger partial charge in [0.15, 0.2) is 0 Å². The van der Waals surface area contributed by atoms with Crippen LogP contribution in [0, 0.1) is 0 Å². The van der Waals surface area contributed by atoms with Crippen molar-refractivity contribution in [2.24, 2.45) is 0 Å². The fraction of sp³-hybridized carbons (Fsp3) is 0.429. The zero-order valence-corrected chi connectivity index (χ0v) is 12.3. The Hall–Kier alpha value is -2.28. The van der Waals surface area contributed by atoms with Gasteiger partial charge in [-0.1, -0.05) is 0 Å². The summed E-state index contributed by atoms with van der Waals surface area (Å²) in [5.41, 5.74) is -2.00. The van der Waals surface area contributed by atoms with Crippen molar-refractivity contribution in [2.75, 3.05) is 27.9 Å². The molecule has 7 heteroatoms. The lowest BCUT2D eigenvalue weighted by Gasteiger charge is -2.29. The summed E-state index contributed by atoms with van der Waals surface area (Å²) in [6, 6.07) is 2.95. The second-order valence-electron chi connectivity index (χ2n) is 4.51. The van der Waals surface area contributed by atoms with Crippen LogP contribution in [0.2, 0.25) is 0 Å². The molecule has 7 nitrogen and oxygen atoms in total. The van der Waals surface area contributed by atoms with E-state index < -0.39 is 17.6 Å². The van der Waals surface area contributed by atoms with Crippen molar-refractivity contribution < 1.29 is 28.9 Å². The molecule has 0 aromatic heterocycles. The second-order valence-corrected chi connectivity index (χ2v) is 4.51. The largest absolute Gasteiger partial charge is 0.497 e. The first kappa shape index (κ1) is 15.1. The lowest BCUT2D eigenvalue weighted by Crippen LogP contribution is -2.48. The number of hydrogen-bond acceptors (Lipinski definition) is 6. The highest BCUT2D eigenvalue weighted by molar-refractivity contribution is 6.06. The summed E-state index contributed by atoms with van der Waals surface area (Å²) in [7, 11) is 4.15. The molecule has 0 radical (unpaired) electrons. The molecule has 114 valence electrons. The summed E-state index contributed by atoms with van der Waals surface area (Å²) in [5, 5.41) is 10.8. The first-order valence-corrected chi connectivity index (χ1v) is 6.36. The molecule has 1 aliphatic rings. The minimum absolute atomic E-state index is 0.0664. The van der Waals surface area contributed by atoms with Crippen molar-refractivity contribution in [3.8, 4) is 11.5 Å². The van der Waals surface area contributed by atoms with Gasteiger partial charge in [-0.3, -0.25) is 9.69 Å². The maximum atomic E-state index is 12.3. The number of fused-ring (bicyclic) bond motifs is 1. The van der Waals surface area contributed by atoms with Crippen molar-refractivity contribution in [2.45, 2.75) is 12.6 Å². The van der Waals surface area contributed by atoms with Crippen LogP contribution >= 0.6 is 0 Å². The zero-order valence-electron chi connectivity index (χ0n) is 12.3. The van der Waals surface area contributed by atoms with Crippen LogP contribution in [0.25, 0.3) is 0 Å². The van der Waals surface area contributed by atoms with Crippen LogP contribution in [0.3, 0.4) is 0 Å². The van der Waals surface area contributed by atoms with Crippen LogP contribution in [0.1, 0.15) is 22.8 Å². The van der Waals surface area contributed by atoms with Crippen LogP contribution in [-0.4, -0.2) is 49.8 Å². The normalized spacial score (nSPS) is 20.2. The smallest absolute Gasteiger partial charge is 0.365 e. The van der Waals surface area contributed by atoms with Crippen molar-refractivity contribution in [1.82, 2.24) is 4.90 Å². The monoisotopic (exact) mass is 295 g/mol. The number of rotatable bonds is 4. The first-order valence-electron chi connectivity index (χ1n) is 6.36. The van der Waals surface area contributed by atoms with E-state index in [1.54, 1.807) is 6.92 Å². The van der Waals surface area contributed by atoms with Gasteiger partial charge in [0, 0.05) is 13.1 Å². The molecule has 1 N–H and O–H groups in total. The first-order chi connectivity index (χ1) is 9.91. The molecule has 1 aromatic rings. The molecule has 1 aromatic carbocycles. The quantitative estimate of drug-likeness (QED) is 0.814. The third kappa shape index (κ3) is 2.01. The maximum Gasteiger partial charge on any atom is 0.365 e. The number of carbonyl (C=O) groups is 2. The van der Waals surface area contributed by atoms with Gasteiger partial charge in [0.25, 0.3) is 11.6 Å². The number of aliphatic hydroxyl groups is 1. The molecule has 1 atom stereocenters. The highest BCUT2D eigenvalue weighted by Crippen LogP contribution is 2.44. The number of methoxy groups -OCH3 is 2. The summed E-state index contributed by atoms with van der Waals surface area (Å²) in [5.74, 6) is -0.876. The molecule has 0 spiro atoms. The van der Waals surface area contributed by atoms with Gasteiger partial charge < -0.3 is 19.3 Å². The molecule has 21 heavy (non-hydrogen) atoms. The number of nitrogens with zero attached hydrogens (tertiary/aromatic N) is 1. The van der Waals surface area contributed by atoms with E-state index in [0.717, 1.165) is 4.90 Å². The van der Waals surface area contributed by atoms with Crippen LogP contribution < -0.4 is 9.47 Å². The lowest BCUT2D eigenvalue weighted by molar-refractivity contribution is -0.181. The Labute approximate surface area is 122 Å². The molecule has 1 unspecified atom stereocenters. The average Bonchev–Trinajstić information content (AvgIpc) is 2.69. The minimum atomic E-state index is -2.21. The fourth-order valence-corrected chi connectivity index (χ4v) is 2.36. The van der Waals surface area contributed by atoms with E-state index in [0.29, 0.717) is 5.75 Å². The SMILES string of the molecule is CCOC(=O)C1(O)c2c(OC)cc(OC)cc2C(=O)N1C. The Morgan fingerprint density at radius 3 is 2.52 bits per heavy atom. The zero-order chi connectivity index (χ0) is 15.8. The van der Waals surface area contributed by atoms with Crippen LogP contribution in [0.5, 0.6) is 11.5 Å². The van der Waals surface area contributed by atoms with E-state index in [2.05, 4.69) is 0 Å². The molecule has 0 aliphatic carbocycles. The average molecular weight is 295 g/mol. The van der Waals surface area contributed by atoms with Crippen LogP contribution in [-0.2, 0) is 15.3 Å². The predicted molar refractivity (Wildman–Crippen MR) is 72.2 cm³/mol. The molecule has 1 aliphatic heterocycles. The molecule has 0 saturated heterocycles. The Morgan fingerprint density at radius 1 is 1.33 bits per heavy atom. The van der Waals surface area contributed by atoms with Gasteiger partial charge in [0.1, 0.15) is 11.5 Å². The minimum Gasteiger partial charge on any atom is -0.497 e. The molecule has 1 heterocycles. The van der Waals surface area contributed by atoms with Crippen molar-refractivity contribution in [3.63, 3.8) is 0 Å². The Kier molecular flexibility index (Phi) is 3.78. The number of hydrogen-bond donors (Lipinski definition) is 1. The van der Waals surface area contributed by atoms with Crippen LogP contribution in [0.4, 0.5) is 0 Å². The number of benzene rings is 1. The Bertz CT molecular complexity index is 599. The van der Waals surface area contributed by atoms with Gasteiger partial charge in [-0.15, -0.1) is 0 Å². The van der Waals surface area contributed by atoms with Gasteiger partial charge in [0.2, 0.25) is 0 Å². The van der Waals surface area contributed by atoms with Crippen molar-refractivity contribution >= 4 is 11.9 Å². The van der Waals surface area contributed by atoms with Gasteiger partial charge in [0.05, 0.1) is 32.0 Å². The molecular formula is C14H17NO6. The summed E-state index contributed by atoms with van der Waals surface area (Å²) in [6.07, 6.45) is 0. The van der Waals surface area contributed by atoms with Gasteiger partial charge in [-0.2, -0.15) is 0 Å². The lowest BCUT2D eigenvalue weighted by atomic mass is 9.99. The molecule has 2 rings (SSSR count). The fourth-order valence-electron chi connectivity index (χ4n) is 2.36. The summed E-state index contributed by atoms with van der Waals surface area (Å²) in [6.45, 7) is 1.70. The van der Waals surface area contributed by atoms with Gasteiger partial charge in [-0.25, -0.2) is 4.79 Å². The number of amides is 1. The van der Waals surface area contributed by atoms with Crippen LogP contribution in [0.15, 0.2) is 12.1 Å².